The predicted molar refractivity (Wildman–Crippen MR) is 71.4 cm³/mol. The van der Waals surface area contributed by atoms with Crippen LogP contribution in [0.4, 0.5) is 0 Å². The average Bonchev–Trinajstić information content (AvgIpc) is 2.71. The van der Waals surface area contributed by atoms with Crippen LogP contribution in [0.2, 0.25) is 0 Å². The smallest absolute Gasteiger partial charge is 0.148 e. The monoisotopic (exact) mass is 271 g/mol. The molecule has 102 valence electrons. The zero-order valence-electron chi connectivity index (χ0n) is 10.9. The Balaban J connectivity index is 1.75. The molecule has 0 aliphatic heterocycles. The minimum atomic E-state index is -2.85. The molecule has 0 saturated heterocycles. The highest BCUT2D eigenvalue weighted by molar-refractivity contribution is 7.90. The molecule has 0 saturated carbocycles. The fourth-order valence-electron chi connectivity index (χ4n) is 2.31. The summed E-state index contributed by atoms with van der Waals surface area (Å²) in [6.07, 6.45) is 7.90. The maximum atomic E-state index is 11.0. The third kappa shape index (κ3) is 3.81. The topological polar surface area (TPSA) is 64.0 Å². The first-order chi connectivity index (χ1) is 8.56. The van der Waals surface area contributed by atoms with Crippen LogP contribution in [-0.4, -0.2) is 43.1 Å². The van der Waals surface area contributed by atoms with E-state index < -0.39 is 9.84 Å². The molecule has 2 rings (SSSR count). The minimum Gasteiger partial charge on any atom is -0.333 e. The molecule has 1 aliphatic rings. The normalized spacial score (nSPS) is 15.6. The van der Waals surface area contributed by atoms with E-state index in [4.69, 9.17) is 0 Å². The number of aromatic nitrogens is 2. The van der Waals surface area contributed by atoms with Crippen molar-refractivity contribution in [1.82, 2.24) is 14.9 Å². The van der Waals surface area contributed by atoms with Crippen LogP contribution in [0.25, 0.3) is 0 Å². The second kappa shape index (κ2) is 5.84. The predicted octanol–water partition coefficient (Wildman–Crippen LogP) is 0.396. The van der Waals surface area contributed by atoms with E-state index in [-0.39, 0.29) is 5.75 Å². The number of imidazole rings is 1. The van der Waals surface area contributed by atoms with Crippen molar-refractivity contribution in [3.05, 3.63) is 17.7 Å². The van der Waals surface area contributed by atoms with Crippen LogP contribution in [0, 0.1) is 0 Å². The van der Waals surface area contributed by atoms with E-state index in [1.807, 2.05) is 6.33 Å². The highest BCUT2D eigenvalue weighted by atomic mass is 32.2. The van der Waals surface area contributed by atoms with Crippen LogP contribution in [0.3, 0.4) is 0 Å². The first-order valence-corrected chi connectivity index (χ1v) is 8.53. The number of hydrogen-bond donors (Lipinski definition) is 1. The van der Waals surface area contributed by atoms with Gasteiger partial charge in [-0.05, 0) is 25.7 Å². The standard InChI is InChI=1S/C12H21N3O2S/c1-18(16,17)9-7-13-6-8-15-10-14-11-4-2-3-5-12(11)15/h10,13H,2-9H2,1H3. The van der Waals surface area contributed by atoms with Crippen molar-refractivity contribution >= 4 is 9.84 Å². The first kappa shape index (κ1) is 13.5. The highest BCUT2D eigenvalue weighted by Gasteiger charge is 2.14. The average molecular weight is 271 g/mol. The molecule has 0 aromatic carbocycles. The van der Waals surface area contributed by atoms with Gasteiger partial charge in [0.15, 0.2) is 0 Å². The van der Waals surface area contributed by atoms with E-state index in [1.165, 1.54) is 30.5 Å². The molecule has 1 aromatic rings. The van der Waals surface area contributed by atoms with Crippen molar-refractivity contribution in [2.45, 2.75) is 32.2 Å². The number of fused-ring (bicyclic) bond motifs is 1. The second-order valence-electron chi connectivity index (χ2n) is 4.92. The Labute approximate surface area is 109 Å². The number of nitrogens with one attached hydrogen (secondary N) is 1. The lowest BCUT2D eigenvalue weighted by atomic mass is 10.0. The zero-order chi connectivity index (χ0) is 13.0. The Bertz CT molecular complexity index is 493. The van der Waals surface area contributed by atoms with Crippen LogP contribution in [0.1, 0.15) is 24.2 Å². The number of aryl methyl sites for hydroxylation is 1. The maximum absolute atomic E-state index is 11.0. The summed E-state index contributed by atoms with van der Waals surface area (Å²) in [4.78, 5) is 4.43. The Morgan fingerprint density at radius 3 is 2.89 bits per heavy atom. The van der Waals surface area contributed by atoms with Crippen molar-refractivity contribution < 1.29 is 8.42 Å². The van der Waals surface area contributed by atoms with Gasteiger partial charge in [-0.15, -0.1) is 0 Å². The van der Waals surface area contributed by atoms with Gasteiger partial charge in [0.25, 0.3) is 0 Å². The van der Waals surface area contributed by atoms with Gasteiger partial charge in [-0.25, -0.2) is 13.4 Å². The van der Waals surface area contributed by atoms with Crippen LogP contribution in [0.5, 0.6) is 0 Å². The molecule has 0 atom stereocenters. The van der Waals surface area contributed by atoms with Gasteiger partial charge < -0.3 is 9.88 Å². The number of rotatable bonds is 6. The van der Waals surface area contributed by atoms with E-state index in [9.17, 15) is 8.42 Å². The SMILES string of the molecule is CS(=O)(=O)CCNCCn1cnc2c1CCCC2. The Morgan fingerprint density at radius 1 is 1.33 bits per heavy atom. The highest BCUT2D eigenvalue weighted by Crippen LogP contribution is 2.19. The van der Waals surface area contributed by atoms with Gasteiger partial charge in [0.2, 0.25) is 0 Å². The molecule has 0 unspecified atom stereocenters. The lowest BCUT2D eigenvalue weighted by Gasteiger charge is -2.14. The number of hydrogen-bond acceptors (Lipinski definition) is 4. The van der Waals surface area contributed by atoms with Gasteiger partial charge in [-0.2, -0.15) is 0 Å². The molecule has 1 N–H and O–H groups in total. The van der Waals surface area contributed by atoms with E-state index in [2.05, 4.69) is 14.9 Å². The van der Waals surface area contributed by atoms with E-state index >= 15 is 0 Å². The van der Waals surface area contributed by atoms with Crippen molar-refractivity contribution in [3.8, 4) is 0 Å². The fourth-order valence-corrected chi connectivity index (χ4v) is 2.82. The lowest BCUT2D eigenvalue weighted by molar-refractivity contribution is 0.565. The third-order valence-electron chi connectivity index (χ3n) is 3.29. The summed E-state index contributed by atoms with van der Waals surface area (Å²) >= 11 is 0. The van der Waals surface area contributed by atoms with Crippen molar-refractivity contribution in [3.63, 3.8) is 0 Å². The molecule has 6 heteroatoms. The van der Waals surface area contributed by atoms with Crippen LogP contribution >= 0.6 is 0 Å². The van der Waals surface area contributed by atoms with Gasteiger partial charge >= 0.3 is 0 Å². The molecule has 1 heterocycles. The lowest BCUT2D eigenvalue weighted by Crippen LogP contribution is -2.26. The molecule has 0 amide bonds. The quantitative estimate of drug-likeness (QED) is 0.761. The first-order valence-electron chi connectivity index (χ1n) is 6.47. The zero-order valence-corrected chi connectivity index (χ0v) is 11.7. The maximum Gasteiger partial charge on any atom is 0.148 e. The number of sulfone groups is 1. The summed E-state index contributed by atoms with van der Waals surface area (Å²) in [6.45, 7) is 2.18. The fraction of sp³-hybridized carbons (Fsp3) is 0.750. The van der Waals surface area contributed by atoms with Gasteiger partial charge in [0.1, 0.15) is 9.84 Å². The number of nitrogens with zero attached hydrogens (tertiary/aromatic N) is 2. The van der Waals surface area contributed by atoms with Crippen molar-refractivity contribution in [2.75, 3.05) is 25.1 Å². The summed E-state index contributed by atoms with van der Waals surface area (Å²) in [5, 5.41) is 3.16. The summed E-state index contributed by atoms with van der Waals surface area (Å²) in [5.74, 6) is 0.203. The molecular formula is C12H21N3O2S. The van der Waals surface area contributed by atoms with Gasteiger partial charge in [-0.3, -0.25) is 0 Å². The molecule has 1 aromatic heterocycles. The van der Waals surface area contributed by atoms with Crippen molar-refractivity contribution in [2.24, 2.45) is 0 Å². The van der Waals surface area contributed by atoms with Crippen LogP contribution < -0.4 is 5.32 Å². The Morgan fingerprint density at radius 2 is 2.11 bits per heavy atom. The molecule has 5 nitrogen and oxygen atoms in total. The Hall–Kier alpha value is -0.880. The van der Waals surface area contributed by atoms with Gasteiger partial charge in [0.05, 0.1) is 17.8 Å². The molecule has 1 aliphatic carbocycles. The Kier molecular flexibility index (Phi) is 4.40. The molecule has 0 fully saturated rings. The van der Waals surface area contributed by atoms with Crippen LogP contribution in [-0.2, 0) is 29.2 Å². The van der Waals surface area contributed by atoms with E-state index in [1.54, 1.807) is 0 Å². The third-order valence-corrected chi connectivity index (χ3v) is 4.23. The summed E-state index contributed by atoms with van der Waals surface area (Å²) in [7, 11) is -2.85. The molecule has 0 bridgehead atoms. The van der Waals surface area contributed by atoms with E-state index in [0.29, 0.717) is 6.54 Å². The second-order valence-corrected chi connectivity index (χ2v) is 7.18. The van der Waals surface area contributed by atoms with Crippen molar-refractivity contribution in [1.29, 1.82) is 0 Å². The summed E-state index contributed by atoms with van der Waals surface area (Å²) < 4.78 is 24.1. The molecular weight excluding hydrogens is 250 g/mol. The van der Waals surface area contributed by atoms with Crippen LogP contribution in [0.15, 0.2) is 6.33 Å². The summed E-state index contributed by atoms with van der Waals surface area (Å²) in [6, 6.07) is 0. The van der Waals surface area contributed by atoms with Gasteiger partial charge in [-0.1, -0.05) is 0 Å². The van der Waals surface area contributed by atoms with E-state index in [0.717, 1.165) is 25.9 Å². The largest absolute Gasteiger partial charge is 0.333 e. The molecule has 0 radical (unpaired) electrons. The minimum absolute atomic E-state index is 0.203. The van der Waals surface area contributed by atoms with Gasteiger partial charge in [0, 0.05) is 31.6 Å². The summed E-state index contributed by atoms with van der Waals surface area (Å²) in [5.41, 5.74) is 2.61. The molecule has 0 spiro atoms. The molecule has 18 heavy (non-hydrogen) atoms.